The number of carbonyl (C=O) groups excluding carboxylic acids is 1. The SMILES string of the molecule is COC(=O)c1ccn(Cc2c(C)nc3nonc3c2N)n1. The van der Waals surface area contributed by atoms with Gasteiger partial charge in [0.25, 0.3) is 0 Å². The standard InChI is InChI=1S/C12H12N6O3/c1-6-7(9(13)10-11(14-6)17-21-16-10)5-18-4-3-8(15-18)12(19)20-2/h3-4H,5,13H2,1-2H3. The second-order valence-electron chi connectivity index (χ2n) is 4.42. The molecule has 9 heteroatoms. The lowest BCUT2D eigenvalue weighted by Gasteiger charge is -2.08. The highest BCUT2D eigenvalue weighted by Crippen LogP contribution is 2.23. The summed E-state index contributed by atoms with van der Waals surface area (Å²) < 4.78 is 10.8. The number of carbonyl (C=O) groups is 1. The van der Waals surface area contributed by atoms with Gasteiger partial charge in [0.2, 0.25) is 5.65 Å². The Hall–Kier alpha value is -2.97. The van der Waals surface area contributed by atoms with E-state index in [-0.39, 0.29) is 5.69 Å². The zero-order valence-corrected chi connectivity index (χ0v) is 11.4. The van der Waals surface area contributed by atoms with E-state index >= 15 is 0 Å². The fourth-order valence-corrected chi connectivity index (χ4v) is 2.02. The number of hydrogen-bond acceptors (Lipinski definition) is 8. The molecule has 0 fully saturated rings. The van der Waals surface area contributed by atoms with Gasteiger partial charge in [0.05, 0.1) is 19.3 Å². The van der Waals surface area contributed by atoms with Crippen molar-refractivity contribution < 1.29 is 14.2 Å². The predicted octanol–water partition coefficient (Wildman–Crippen LogP) is 0.540. The van der Waals surface area contributed by atoms with Crippen LogP contribution in [0, 0.1) is 6.92 Å². The summed E-state index contributed by atoms with van der Waals surface area (Å²) in [5.41, 5.74) is 8.96. The van der Waals surface area contributed by atoms with Gasteiger partial charge in [0.1, 0.15) is 0 Å². The van der Waals surface area contributed by atoms with Crippen LogP contribution in [0.15, 0.2) is 16.9 Å². The first-order valence-corrected chi connectivity index (χ1v) is 6.09. The molecule has 0 atom stereocenters. The molecule has 3 aromatic rings. The summed E-state index contributed by atoms with van der Waals surface area (Å²) in [4.78, 5) is 15.7. The third-order valence-corrected chi connectivity index (χ3v) is 3.12. The molecule has 0 aliphatic carbocycles. The van der Waals surface area contributed by atoms with E-state index in [1.807, 2.05) is 6.92 Å². The van der Waals surface area contributed by atoms with Crippen LogP contribution in [0.3, 0.4) is 0 Å². The molecule has 0 aliphatic rings. The molecule has 0 aliphatic heterocycles. The number of aromatic nitrogens is 5. The zero-order valence-electron chi connectivity index (χ0n) is 11.4. The van der Waals surface area contributed by atoms with Crippen LogP contribution in [0.25, 0.3) is 11.2 Å². The molecule has 0 saturated heterocycles. The topological polar surface area (TPSA) is 122 Å². The lowest BCUT2D eigenvalue weighted by atomic mass is 10.1. The van der Waals surface area contributed by atoms with Gasteiger partial charge in [-0.3, -0.25) is 4.68 Å². The van der Waals surface area contributed by atoms with Gasteiger partial charge in [-0.05, 0) is 23.3 Å². The Bertz CT molecular complexity index is 822. The van der Waals surface area contributed by atoms with Crippen LogP contribution < -0.4 is 5.73 Å². The molecule has 0 spiro atoms. The fraction of sp³-hybridized carbons (Fsp3) is 0.250. The van der Waals surface area contributed by atoms with Crippen molar-refractivity contribution in [1.29, 1.82) is 0 Å². The summed E-state index contributed by atoms with van der Waals surface area (Å²) in [6, 6.07) is 1.57. The van der Waals surface area contributed by atoms with Crippen molar-refractivity contribution in [3.05, 3.63) is 29.2 Å². The van der Waals surface area contributed by atoms with Gasteiger partial charge in [-0.1, -0.05) is 0 Å². The minimum absolute atomic E-state index is 0.228. The molecular weight excluding hydrogens is 276 g/mol. The van der Waals surface area contributed by atoms with Crippen molar-refractivity contribution in [1.82, 2.24) is 25.1 Å². The number of fused-ring (bicyclic) bond motifs is 1. The molecule has 9 nitrogen and oxygen atoms in total. The molecule has 2 N–H and O–H groups in total. The van der Waals surface area contributed by atoms with E-state index in [9.17, 15) is 4.79 Å². The van der Waals surface area contributed by atoms with Crippen molar-refractivity contribution in [2.45, 2.75) is 13.5 Å². The van der Waals surface area contributed by atoms with Crippen LogP contribution in [-0.4, -0.2) is 38.2 Å². The van der Waals surface area contributed by atoms with E-state index in [0.717, 1.165) is 5.56 Å². The molecule has 0 radical (unpaired) electrons. The average Bonchev–Trinajstić information content (AvgIpc) is 3.11. The number of aryl methyl sites for hydroxylation is 1. The average molecular weight is 288 g/mol. The first-order chi connectivity index (χ1) is 10.1. The number of methoxy groups -OCH3 is 1. The summed E-state index contributed by atoms with van der Waals surface area (Å²) in [6.45, 7) is 2.16. The highest BCUT2D eigenvalue weighted by atomic mass is 16.6. The van der Waals surface area contributed by atoms with Crippen molar-refractivity contribution in [3.63, 3.8) is 0 Å². The molecule has 0 bridgehead atoms. The monoisotopic (exact) mass is 288 g/mol. The molecular formula is C12H12N6O3. The van der Waals surface area contributed by atoms with E-state index < -0.39 is 5.97 Å². The fourth-order valence-electron chi connectivity index (χ4n) is 2.02. The summed E-state index contributed by atoms with van der Waals surface area (Å²) >= 11 is 0. The van der Waals surface area contributed by atoms with Crippen LogP contribution in [0.4, 0.5) is 5.69 Å². The molecule has 0 aromatic carbocycles. The van der Waals surface area contributed by atoms with Gasteiger partial charge in [-0.25, -0.2) is 14.4 Å². The Balaban J connectivity index is 1.97. The minimum atomic E-state index is -0.493. The third kappa shape index (κ3) is 2.18. The first kappa shape index (κ1) is 13.0. The highest BCUT2D eigenvalue weighted by molar-refractivity contribution is 5.87. The molecule has 21 heavy (non-hydrogen) atoms. The number of anilines is 1. The summed E-state index contributed by atoms with van der Waals surface area (Å²) in [5.74, 6) is -0.493. The van der Waals surface area contributed by atoms with E-state index in [1.165, 1.54) is 7.11 Å². The number of ether oxygens (including phenoxy) is 1. The van der Waals surface area contributed by atoms with Crippen LogP contribution in [0.5, 0.6) is 0 Å². The number of esters is 1. The lowest BCUT2D eigenvalue weighted by molar-refractivity contribution is 0.0593. The van der Waals surface area contributed by atoms with Crippen LogP contribution >= 0.6 is 0 Å². The van der Waals surface area contributed by atoms with E-state index in [2.05, 4.69) is 29.8 Å². The smallest absolute Gasteiger partial charge is 0.358 e. The van der Waals surface area contributed by atoms with Crippen molar-refractivity contribution >= 4 is 22.8 Å². The molecule has 0 saturated carbocycles. The largest absolute Gasteiger partial charge is 0.464 e. The van der Waals surface area contributed by atoms with Gasteiger partial charge < -0.3 is 10.5 Å². The Labute approximate surface area is 118 Å². The van der Waals surface area contributed by atoms with Gasteiger partial charge in [0.15, 0.2) is 11.2 Å². The number of pyridine rings is 1. The Morgan fingerprint density at radius 3 is 3.05 bits per heavy atom. The molecule has 3 aromatic heterocycles. The quantitative estimate of drug-likeness (QED) is 0.693. The van der Waals surface area contributed by atoms with Crippen LogP contribution in [-0.2, 0) is 11.3 Å². The van der Waals surface area contributed by atoms with E-state index in [1.54, 1.807) is 16.9 Å². The van der Waals surface area contributed by atoms with Gasteiger partial charge >= 0.3 is 5.97 Å². The molecule has 0 unspecified atom stereocenters. The molecule has 3 rings (SSSR count). The number of nitrogens with zero attached hydrogens (tertiary/aromatic N) is 5. The van der Waals surface area contributed by atoms with Crippen molar-refractivity contribution in [2.75, 3.05) is 12.8 Å². The second kappa shape index (κ2) is 4.85. The number of nitrogen functional groups attached to an aromatic ring is 1. The summed E-state index contributed by atoms with van der Waals surface area (Å²) in [7, 11) is 1.30. The summed E-state index contributed by atoms with van der Waals surface area (Å²) in [5, 5.41) is 11.5. The van der Waals surface area contributed by atoms with E-state index in [0.29, 0.717) is 29.1 Å². The second-order valence-corrected chi connectivity index (χ2v) is 4.42. The number of hydrogen-bond donors (Lipinski definition) is 1. The number of rotatable bonds is 3. The van der Waals surface area contributed by atoms with Gasteiger partial charge in [-0.2, -0.15) is 5.10 Å². The van der Waals surface area contributed by atoms with Crippen molar-refractivity contribution in [2.24, 2.45) is 0 Å². The maximum atomic E-state index is 11.4. The van der Waals surface area contributed by atoms with Gasteiger partial charge in [0, 0.05) is 17.5 Å². The maximum absolute atomic E-state index is 11.4. The Morgan fingerprint density at radius 1 is 1.48 bits per heavy atom. The van der Waals surface area contributed by atoms with Crippen LogP contribution in [0.1, 0.15) is 21.7 Å². The molecule has 3 heterocycles. The molecule has 108 valence electrons. The predicted molar refractivity (Wildman–Crippen MR) is 71.4 cm³/mol. The van der Waals surface area contributed by atoms with Crippen LogP contribution in [0.2, 0.25) is 0 Å². The van der Waals surface area contributed by atoms with Gasteiger partial charge in [-0.15, -0.1) is 0 Å². The number of nitrogens with two attached hydrogens (primary N) is 1. The first-order valence-electron chi connectivity index (χ1n) is 6.09. The normalized spacial score (nSPS) is 11.0. The highest BCUT2D eigenvalue weighted by Gasteiger charge is 2.16. The molecule has 0 amide bonds. The Morgan fingerprint density at radius 2 is 2.29 bits per heavy atom. The maximum Gasteiger partial charge on any atom is 0.358 e. The lowest BCUT2D eigenvalue weighted by Crippen LogP contribution is -2.09. The van der Waals surface area contributed by atoms with E-state index in [4.69, 9.17) is 5.73 Å². The minimum Gasteiger partial charge on any atom is -0.464 e. The Kier molecular flexibility index (Phi) is 3.01. The summed E-state index contributed by atoms with van der Waals surface area (Å²) in [6.07, 6.45) is 1.66. The third-order valence-electron chi connectivity index (χ3n) is 3.12. The zero-order chi connectivity index (χ0) is 15.0. The van der Waals surface area contributed by atoms with Crippen molar-refractivity contribution in [3.8, 4) is 0 Å².